The lowest BCUT2D eigenvalue weighted by Crippen LogP contribution is -2.32. The average Bonchev–Trinajstić information content (AvgIpc) is 2.66. The van der Waals surface area contributed by atoms with Gasteiger partial charge in [-0.05, 0) is 26.2 Å². The van der Waals surface area contributed by atoms with Gasteiger partial charge in [0.15, 0.2) is 0 Å². The van der Waals surface area contributed by atoms with Crippen LogP contribution in [0.5, 0.6) is 0 Å². The third-order valence-electron chi connectivity index (χ3n) is 3.70. The van der Waals surface area contributed by atoms with Crippen LogP contribution in [-0.2, 0) is 0 Å². The molecular formula is C14H22N4. The van der Waals surface area contributed by atoms with E-state index >= 15 is 0 Å². The third kappa shape index (κ3) is 2.22. The lowest BCUT2D eigenvalue weighted by atomic mass is 9.97. The van der Waals surface area contributed by atoms with Gasteiger partial charge in [-0.25, -0.2) is 4.68 Å². The molecule has 0 radical (unpaired) electrons. The van der Waals surface area contributed by atoms with Crippen molar-refractivity contribution in [3.63, 3.8) is 0 Å². The van der Waals surface area contributed by atoms with Crippen LogP contribution in [0.4, 0.5) is 5.82 Å². The highest BCUT2D eigenvalue weighted by atomic mass is 15.4. The summed E-state index contributed by atoms with van der Waals surface area (Å²) in [5.74, 6) is 0.943. The maximum Gasteiger partial charge on any atom is 0.143 e. The first-order chi connectivity index (χ1) is 8.71. The van der Waals surface area contributed by atoms with Crippen LogP contribution in [-0.4, -0.2) is 15.8 Å². The molecule has 0 amide bonds. The molecule has 1 aromatic heterocycles. The SMILES string of the molecule is CCCC1CC(CCC)n2nc(C)c(C#N)c2N1. The Hall–Kier alpha value is -1.50. The zero-order valence-electron chi connectivity index (χ0n) is 11.5. The fraction of sp³-hybridized carbons (Fsp3) is 0.714. The molecule has 0 saturated carbocycles. The van der Waals surface area contributed by atoms with E-state index in [4.69, 9.17) is 0 Å². The van der Waals surface area contributed by atoms with Gasteiger partial charge in [0.05, 0.1) is 11.7 Å². The minimum atomic E-state index is 0.448. The Morgan fingerprint density at radius 1 is 1.39 bits per heavy atom. The van der Waals surface area contributed by atoms with E-state index in [9.17, 15) is 5.26 Å². The van der Waals surface area contributed by atoms with Crippen molar-refractivity contribution in [3.8, 4) is 6.07 Å². The van der Waals surface area contributed by atoms with Crippen LogP contribution in [0.1, 0.15) is 63.3 Å². The molecule has 0 saturated heterocycles. The van der Waals surface area contributed by atoms with Crippen molar-refractivity contribution >= 4 is 5.82 Å². The van der Waals surface area contributed by atoms with Crippen LogP contribution in [0, 0.1) is 18.3 Å². The lowest BCUT2D eigenvalue weighted by molar-refractivity contribution is 0.344. The van der Waals surface area contributed by atoms with Crippen molar-refractivity contribution in [3.05, 3.63) is 11.3 Å². The van der Waals surface area contributed by atoms with Gasteiger partial charge in [0, 0.05) is 6.04 Å². The maximum absolute atomic E-state index is 9.25. The zero-order valence-corrected chi connectivity index (χ0v) is 11.5. The van der Waals surface area contributed by atoms with E-state index in [1.807, 2.05) is 11.6 Å². The summed E-state index contributed by atoms with van der Waals surface area (Å²) in [6.07, 6.45) is 5.76. The van der Waals surface area contributed by atoms with Crippen molar-refractivity contribution in [2.75, 3.05) is 5.32 Å². The predicted octanol–water partition coefficient (Wildman–Crippen LogP) is 3.39. The number of fused-ring (bicyclic) bond motifs is 1. The second-order valence-electron chi connectivity index (χ2n) is 5.17. The largest absolute Gasteiger partial charge is 0.366 e. The molecule has 2 heterocycles. The highest BCUT2D eigenvalue weighted by molar-refractivity contribution is 5.56. The monoisotopic (exact) mass is 246 g/mol. The van der Waals surface area contributed by atoms with Gasteiger partial charge in [0.1, 0.15) is 17.5 Å². The summed E-state index contributed by atoms with van der Waals surface area (Å²) in [6, 6.07) is 3.22. The summed E-state index contributed by atoms with van der Waals surface area (Å²) in [7, 11) is 0. The first kappa shape index (κ1) is 12.9. The van der Waals surface area contributed by atoms with E-state index < -0.39 is 0 Å². The fourth-order valence-electron chi connectivity index (χ4n) is 2.88. The van der Waals surface area contributed by atoms with E-state index in [1.54, 1.807) is 0 Å². The summed E-state index contributed by atoms with van der Waals surface area (Å²) in [4.78, 5) is 0. The van der Waals surface area contributed by atoms with Crippen LogP contribution in [0.2, 0.25) is 0 Å². The summed E-state index contributed by atoms with van der Waals surface area (Å²) >= 11 is 0. The second kappa shape index (κ2) is 5.43. The Labute approximate surface area is 109 Å². The Bertz CT molecular complexity index is 455. The molecule has 0 bridgehead atoms. The van der Waals surface area contributed by atoms with Crippen molar-refractivity contribution < 1.29 is 0 Å². The summed E-state index contributed by atoms with van der Waals surface area (Å²) in [5, 5.41) is 17.3. The number of rotatable bonds is 4. The molecule has 1 aliphatic rings. The van der Waals surface area contributed by atoms with Crippen molar-refractivity contribution in [2.45, 2.75) is 65.0 Å². The average molecular weight is 246 g/mol. The molecule has 1 aromatic rings. The van der Waals surface area contributed by atoms with Crippen LogP contribution in [0.15, 0.2) is 0 Å². The molecule has 0 aromatic carbocycles. The molecule has 18 heavy (non-hydrogen) atoms. The molecule has 2 unspecified atom stereocenters. The molecule has 0 aliphatic carbocycles. The maximum atomic E-state index is 9.25. The fourth-order valence-corrected chi connectivity index (χ4v) is 2.88. The number of aromatic nitrogens is 2. The number of nitriles is 1. The standard InChI is InChI=1S/C14H22N4/c1-4-6-11-8-12(7-5-2)18-14(16-11)13(9-15)10(3)17-18/h11-12,16H,4-8H2,1-3H3. The number of anilines is 1. The molecule has 98 valence electrons. The van der Waals surface area contributed by atoms with Crippen molar-refractivity contribution in [1.82, 2.24) is 9.78 Å². The first-order valence-corrected chi connectivity index (χ1v) is 6.96. The number of nitrogens with one attached hydrogen (secondary N) is 1. The molecule has 2 atom stereocenters. The van der Waals surface area contributed by atoms with Gasteiger partial charge in [-0.15, -0.1) is 0 Å². The van der Waals surface area contributed by atoms with Crippen molar-refractivity contribution in [2.24, 2.45) is 0 Å². The molecule has 0 fully saturated rings. The first-order valence-electron chi connectivity index (χ1n) is 6.96. The Kier molecular flexibility index (Phi) is 3.90. The summed E-state index contributed by atoms with van der Waals surface area (Å²) in [5.41, 5.74) is 1.56. The van der Waals surface area contributed by atoms with Crippen LogP contribution in [0.3, 0.4) is 0 Å². The van der Waals surface area contributed by atoms with E-state index in [1.165, 1.54) is 6.42 Å². The normalized spacial score (nSPS) is 22.1. The number of nitrogens with zero attached hydrogens (tertiary/aromatic N) is 3. The van der Waals surface area contributed by atoms with Gasteiger partial charge in [0.25, 0.3) is 0 Å². The molecule has 0 spiro atoms. The highest BCUT2D eigenvalue weighted by Crippen LogP contribution is 2.34. The third-order valence-corrected chi connectivity index (χ3v) is 3.70. The van der Waals surface area contributed by atoms with Crippen LogP contribution in [0.25, 0.3) is 0 Å². The number of hydrogen-bond donors (Lipinski definition) is 1. The van der Waals surface area contributed by atoms with Gasteiger partial charge in [-0.1, -0.05) is 26.7 Å². The topological polar surface area (TPSA) is 53.6 Å². The Balaban J connectivity index is 2.35. The Morgan fingerprint density at radius 2 is 2.11 bits per heavy atom. The van der Waals surface area contributed by atoms with E-state index in [2.05, 4.69) is 30.3 Å². The highest BCUT2D eigenvalue weighted by Gasteiger charge is 2.29. The second-order valence-corrected chi connectivity index (χ2v) is 5.17. The van der Waals surface area contributed by atoms with Gasteiger partial charge < -0.3 is 5.32 Å². The quantitative estimate of drug-likeness (QED) is 0.886. The number of aryl methyl sites for hydroxylation is 1. The molecule has 4 nitrogen and oxygen atoms in total. The molecule has 1 aliphatic heterocycles. The molecular weight excluding hydrogens is 224 g/mol. The minimum Gasteiger partial charge on any atom is -0.366 e. The van der Waals surface area contributed by atoms with Gasteiger partial charge in [0.2, 0.25) is 0 Å². The predicted molar refractivity (Wildman–Crippen MR) is 72.6 cm³/mol. The molecule has 4 heteroatoms. The lowest BCUT2D eigenvalue weighted by Gasteiger charge is -2.32. The van der Waals surface area contributed by atoms with Gasteiger partial charge in [-0.2, -0.15) is 10.4 Å². The van der Waals surface area contributed by atoms with Gasteiger partial charge in [-0.3, -0.25) is 0 Å². The molecule has 2 rings (SSSR count). The summed E-state index contributed by atoms with van der Waals surface area (Å²) in [6.45, 7) is 6.33. The van der Waals surface area contributed by atoms with E-state index in [0.717, 1.165) is 42.8 Å². The van der Waals surface area contributed by atoms with Crippen LogP contribution >= 0.6 is 0 Å². The van der Waals surface area contributed by atoms with Crippen LogP contribution < -0.4 is 5.32 Å². The molecule has 1 N–H and O–H groups in total. The van der Waals surface area contributed by atoms with Crippen molar-refractivity contribution in [1.29, 1.82) is 5.26 Å². The van der Waals surface area contributed by atoms with E-state index in [0.29, 0.717) is 12.1 Å². The van der Waals surface area contributed by atoms with E-state index in [-0.39, 0.29) is 0 Å². The summed E-state index contributed by atoms with van der Waals surface area (Å²) < 4.78 is 2.05. The minimum absolute atomic E-state index is 0.448. The zero-order chi connectivity index (χ0) is 13.1. The Morgan fingerprint density at radius 3 is 2.72 bits per heavy atom. The van der Waals surface area contributed by atoms with Gasteiger partial charge >= 0.3 is 0 Å². The smallest absolute Gasteiger partial charge is 0.143 e. The number of hydrogen-bond acceptors (Lipinski definition) is 3.